The summed E-state index contributed by atoms with van der Waals surface area (Å²) in [5.74, 6) is -1.50. The highest BCUT2D eigenvalue weighted by Crippen LogP contribution is 2.11. The van der Waals surface area contributed by atoms with Gasteiger partial charge in [0, 0.05) is 6.42 Å². The van der Waals surface area contributed by atoms with Crippen LogP contribution < -0.4 is 5.32 Å². The molecule has 0 fully saturated rings. The molecule has 0 saturated carbocycles. The molecule has 0 bridgehead atoms. The lowest BCUT2D eigenvalue weighted by atomic mass is 10.1. The number of amides is 1. The van der Waals surface area contributed by atoms with E-state index in [1.165, 1.54) is 64.2 Å². The number of hydrogen-bond donors (Lipinski definition) is 3. The monoisotopic (exact) mass is 369 g/mol. The SMILES string of the molecule is CCCCC/C=C\CCCCCCCCCCC(=O)NC(CO)C(=O)O. The lowest BCUT2D eigenvalue weighted by Gasteiger charge is -2.11. The van der Waals surface area contributed by atoms with Gasteiger partial charge in [0.2, 0.25) is 5.91 Å². The van der Waals surface area contributed by atoms with Gasteiger partial charge in [-0.1, -0.05) is 70.4 Å². The first-order valence-corrected chi connectivity index (χ1v) is 10.4. The Balaban J connectivity index is 3.33. The smallest absolute Gasteiger partial charge is 0.328 e. The number of carboxylic acid groups (broad SMARTS) is 1. The molecule has 0 aromatic carbocycles. The lowest BCUT2D eigenvalue weighted by molar-refractivity contribution is -0.142. The van der Waals surface area contributed by atoms with Crippen LogP contribution in [-0.4, -0.2) is 34.7 Å². The number of aliphatic hydroxyl groups is 1. The highest BCUT2D eigenvalue weighted by molar-refractivity contribution is 5.83. The number of hydrogen-bond acceptors (Lipinski definition) is 3. The van der Waals surface area contributed by atoms with Gasteiger partial charge in [-0.3, -0.25) is 4.79 Å². The molecule has 1 atom stereocenters. The third-order valence-electron chi connectivity index (χ3n) is 4.48. The number of nitrogens with one attached hydrogen (secondary N) is 1. The Morgan fingerprint density at radius 1 is 0.846 bits per heavy atom. The van der Waals surface area contributed by atoms with Gasteiger partial charge in [-0.15, -0.1) is 0 Å². The minimum Gasteiger partial charge on any atom is -0.480 e. The minimum atomic E-state index is -1.20. The summed E-state index contributed by atoms with van der Waals surface area (Å²) >= 11 is 0. The van der Waals surface area contributed by atoms with Crippen molar-refractivity contribution in [3.8, 4) is 0 Å². The van der Waals surface area contributed by atoms with Gasteiger partial charge in [-0.25, -0.2) is 4.79 Å². The predicted molar refractivity (Wildman–Crippen MR) is 106 cm³/mol. The van der Waals surface area contributed by atoms with Crippen molar-refractivity contribution >= 4 is 11.9 Å². The molecule has 0 radical (unpaired) electrons. The molecule has 0 aliphatic carbocycles. The summed E-state index contributed by atoms with van der Waals surface area (Å²) in [5, 5.41) is 19.9. The van der Waals surface area contributed by atoms with Gasteiger partial charge in [0.25, 0.3) is 0 Å². The zero-order valence-electron chi connectivity index (χ0n) is 16.5. The number of carbonyl (C=O) groups is 2. The standard InChI is InChI=1S/C21H39NO4/c1-2-3-4-5-6-7-8-9-10-11-12-13-14-15-16-17-20(24)22-19(18-23)21(25)26/h6-7,19,23H,2-5,8-18H2,1H3,(H,22,24)(H,25,26)/b7-6-. The van der Waals surface area contributed by atoms with Crippen LogP contribution >= 0.6 is 0 Å². The van der Waals surface area contributed by atoms with Crippen molar-refractivity contribution in [3.05, 3.63) is 12.2 Å². The van der Waals surface area contributed by atoms with E-state index in [1.54, 1.807) is 0 Å². The Morgan fingerprint density at radius 3 is 1.85 bits per heavy atom. The van der Waals surface area contributed by atoms with Crippen molar-refractivity contribution < 1.29 is 19.8 Å². The molecule has 0 aliphatic rings. The first-order chi connectivity index (χ1) is 12.6. The number of allylic oxidation sites excluding steroid dienone is 2. The van der Waals surface area contributed by atoms with E-state index in [0.717, 1.165) is 19.3 Å². The van der Waals surface area contributed by atoms with Gasteiger partial charge >= 0.3 is 5.97 Å². The summed E-state index contributed by atoms with van der Waals surface area (Å²) in [6.45, 7) is 1.66. The molecule has 1 unspecified atom stereocenters. The Hall–Kier alpha value is -1.36. The summed E-state index contributed by atoms with van der Waals surface area (Å²) in [4.78, 5) is 22.3. The van der Waals surface area contributed by atoms with Crippen molar-refractivity contribution in [1.29, 1.82) is 0 Å². The van der Waals surface area contributed by atoms with Crippen LogP contribution in [0, 0.1) is 0 Å². The first-order valence-electron chi connectivity index (χ1n) is 10.4. The molecule has 5 heteroatoms. The third-order valence-corrected chi connectivity index (χ3v) is 4.48. The second-order valence-corrected chi connectivity index (χ2v) is 6.98. The summed E-state index contributed by atoms with van der Waals surface area (Å²) in [7, 11) is 0. The third kappa shape index (κ3) is 16.1. The fourth-order valence-corrected chi connectivity index (χ4v) is 2.81. The average molecular weight is 370 g/mol. The highest BCUT2D eigenvalue weighted by Gasteiger charge is 2.17. The summed E-state index contributed by atoms with van der Waals surface area (Å²) in [5.41, 5.74) is 0. The van der Waals surface area contributed by atoms with Crippen molar-refractivity contribution in [2.24, 2.45) is 0 Å². The van der Waals surface area contributed by atoms with Gasteiger partial charge in [0.05, 0.1) is 6.61 Å². The van der Waals surface area contributed by atoms with Crippen molar-refractivity contribution in [3.63, 3.8) is 0 Å². The van der Waals surface area contributed by atoms with Crippen LogP contribution in [0.4, 0.5) is 0 Å². The fraction of sp³-hybridized carbons (Fsp3) is 0.810. The average Bonchev–Trinajstić information content (AvgIpc) is 2.62. The number of carbonyl (C=O) groups excluding carboxylic acids is 1. The van der Waals surface area contributed by atoms with Gasteiger partial charge < -0.3 is 15.5 Å². The van der Waals surface area contributed by atoms with Crippen molar-refractivity contribution in [2.45, 2.75) is 103 Å². The largest absolute Gasteiger partial charge is 0.480 e. The van der Waals surface area contributed by atoms with Crippen LogP contribution in [0.5, 0.6) is 0 Å². The van der Waals surface area contributed by atoms with E-state index >= 15 is 0 Å². The molecule has 0 aromatic rings. The minimum absolute atomic E-state index is 0.297. The number of unbranched alkanes of at least 4 members (excludes halogenated alkanes) is 11. The van der Waals surface area contributed by atoms with E-state index in [1.807, 2.05) is 0 Å². The number of carboxylic acids is 1. The maximum Gasteiger partial charge on any atom is 0.328 e. The zero-order valence-corrected chi connectivity index (χ0v) is 16.5. The molecular weight excluding hydrogens is 330 g/mol. The van der Waals surface area contributed by atoms with Crippen molar-refractivity contribution in [1.82, 2.24) is 5.32 Å². The second kappa shape index (κ2) is 18.4. The number of rotatable bonds is 18. The Kier molecular flexibility index (Phi) is 17.5. The zero-order chi connectivity index (χ0) is 19.5. The topological polar surface area (TPSA) is 86.6 Å². The molecule has 0 saturated heterocycles. The molecule has 0 rings (SSSR count). The molecule has 0 aromatic heterocycles. The Bertz CT molecular complexity index is 382. The van der Waals surface area contributed by atoms with Gasteiger partial charge in [0.15, 0.2) is 0 Å². The van der Waals surface area contributed by atoms with E-state index in [-0.39, 0.29) is 5.91 Å². The quantitative estimate of drug-likeness (QED) is 0.244. The summed E-state index contributed by atoms with van der Waals surface area (Å²) < 4.78 is 0. The van der Waals surface area contributed by atoms with E-state index in [2.05, 4.69) is 24.4 Å². The molecule has 0 heterocycles. The molecule has 0 spiro atoms. The fourth-order valence-electron chi connectivity index (χ4n) is 2.81. The van der Waals surface area contributed by atoms with E-state index in [9.17, 15) is 9.59 Å². The van der Waals surface area contributed by atoms with Gasteiger partial charge in [-0.05, 0) is 32.1 Å². The number of aliphatic hydroxyl groups excluding tert-OH is 1. The molecule has 26 heavy (non-hydrogen) atoms. The Morgan fingerprint density at radius 2 is 1.35 bits per heavy atom. The normalized spacial score (nSPS) is 12.4. The van der Waals surface area contributed by atoms with Gasteiger partial charge in [-0.2, -0.15) is 0 Å². The van der Waals surface area contributed by atoms with Crippen LogP contribution in [0.25, 0.3) is 0 Å². The van der Waals surface area contributed by atoms with Gasteiger partial charge in [0.1, 0.15) is 6.04 Å². The van der Waals surface area contributed by atoms with E-state index < -0.39 is 18.6 Å². The second-order valence-electron chi connectivity index (χ2n) is 6.98. The number of aliphatic carboxylic acids is 1. The van der Waals surface area contributed by atoms with Crippen LogP contribution in [0.15, 0.2) is 12.2 Å². The predicted octanol–water partition coefficient (Wildman–Crippen LogP) is 4.59. The maximum atomic E-state index is 11.6. The van der Waals surface area contributed by atoms with E-state index in [4.69, 9.17) is 10.2 Å². The maximum absolute atomic E-state index is 11.6. The first kappa shape index (κ1) is 24.6. The van der Waals surface area contributed by atoms with Crippen LogP contribution in [-0.2, 0) is 9.59 Å². The molecular formula is C21H39NO4. The van der Waals surface area contributed by atoms with E-state index in [0.29, 0.717) is 6.42 Å². The molecule has 152 valence electrons. The summed E-state index contributed by atoms with van der Waals surface area (Å²) in [6.07, 6.45) is 20.5. The molecule has 0 aliphatic heterocycles. The molecule has 3 N–H and O–H groups in total. The molecule has 1 amide bonds. The van der Waals surface area contributed by atoms with Crippen LogP contribution in [0.3, 0.4) is 0 Å². The van der Waals surface area contributed by atoms with Crippen molar-refractivity contribution in [2.75, 3.05) is 6.61 Å². The van der Waals surface area contributed by atoms with Crippen LogP contribution in [0.1, 0.15) is 96.8 Å². The molecule has 5 nitrogen and oxygen atoms in total. The van der Waals surface area contributed by atoms with Crippen LogP contribution in [0.2, 0.25) is 0 Å². The highest BCUT2D eigenvalue weighted by atomic mass is 16.4. The lowest BCUT2D eigenvalue weighted by Crippen LogP contribution is -2.43. The summed E-state index contributed by atoms with van der Waals surface area (Å²) in [6, 6.07) is -1.19. The Labute approximate surface area is 159 Å².